The Balaban J connectivity index is 1.67. The van der Waals surface area contributed by atoms with E-state index in [1.54, 1.807) is 12.1 Å². The molecule has 0 unspecified atom stereocenters. The van der Waals surface area contributed by atoms with Crippen LogP contribution in [0.2, 0.25) is 0 Å². The number of benzene rings is 2. The van der Waals surface area contributed by atoms with Crippen molar-refractivity contribution >= 4 is 23.0 Å². The minimum absolute atomic E-state index is 0.0869. The number of anilines is 1. The SMILES string of the molecule is O=C1C(=Nc2ccc(F)cc2)c2ccccc2N1CN1CCCCC1. The van der Waals surface area contributed by atoms with E-state index in [4.69, 9.17) is 0 Å². The van der Waals surface area contributed by atoms with Crippen LogP contribution in [0.5, 0.6) is 0 Å². The van der Waals surface area contributed by atoms with E-state index in [0.717, 1.165) is 24.3 Å². The second-order valence-corrected chi connectivity index (χ2v) is 6.51. The number of fused-ring (bicyclic) bond motifs is 1. The van der Waals surface area contributed by atoms with Gasteiger partial charge in [-0.1, -0.05) is 24.6 Å². The quantitative estimate of drug-likeness (QED) is 0.855. The van der Waals surface area contributed by atoms with Crippen LogP contribution < -0.4 is 4.90 Å². The van der Waals surface area contributed by atoms with Crippen LogP contribution >= 0.6 is 0 Å². The Morgan fingerprint density at radius 1 is 0.960 bits per heavy atom. The maximum atomic E-state index is 13.1. The molecular formula is C20H20FN3O. The van der Waals surface area contributed by atoms with Gasteiger partial charge in [-0.05, 0) is 56.3 Å². The predicted octanol–water partition coefficient (Wildman–Crippen LogP) is 3.74. The summed E-state index contributed by atoms with van der Waals surface area (Å²) in [6, 6.07) is 13.6. The van der Waals surface area contributed by atoms with Gasteiger partial charge in [-0.2, -0.15) is 0 Å². The van der Waals surface area contributed by atoms with Crippen molar-refractivity contribution in [2.24, 2.45) is 4.99 Å². The van der Waals surface area contributed by atoms with E-state index in [-0.39, 0.29) is 11.7 Å². The van der Waals surface area contributed by atoms with E-state index >= 15 is 0 Å². The number of hydrogen-bond acceptors (Lipinski definition) is 3. The Hall–Kier alpha value is -2.53. The van der Waals surface area contributed by atoms with E-state index in [0.29, 0.717) is 18.1 Å². The molecule has 1 saturated heterocycles. The lowest BCUT2D eigenvalue weighted by atomic mass is 10.1. The van der Waals surface area contributed by atoms with Crippen molar-refractivity contribution in [3.05, 3.63) is 59.9 Å². The summed E-state index contributed by atoms with van der Waals surface area (Å²) in [7, 11) is 0. The van der Waals surface area contributed by atoms with Crippen molar-refractivity contribution in [2.75, 3.05) is 24.7 Å². The monoisotopic (exact) mass is 337 g/mol. The topological polar surface area (TPSA) is 35.9 Å². The second kappa shape index (κ2) is 6.76. The molecule has 0 N–H and O–H groups in total. The first-order valence-electron chi connectivity index (χ1n) is 8.70. The van der Waals surface area contributed by atoms with E-state index < -0.39 is 0 Å². The fourth-order valence-corrected chi connectivity index (χ4v) is 3.46. The van der Waals surface area contributed by atoms with Crippen molar-refractivity contribution in [3.8, 4) is 0 Å². The van der Waals surface area contributed by atoms with Gasteiger partial charge >= 0.3 is 0 Å². The molecule has 0 bridgehead atoms. The summed E-state index contributed by atoms with van der Waals surface area (Å²) < 4.78 is 13.1. The molecule has 4 nitrogen and oxygen atoms in total. The zero-order valence-electron chi connectivity index (χ0n) is 14.0. The summed E-state index contributed by atoms with van der Waals surface area (Å²) in [5.41, 5.74) is 2.76. The summed E-state index contributed by atoms with van der Waals surface area (Å²) in [6.45, 7) is 2.64. The molecule has 25 heavy (non-hydrogen) atoms. The van der Waals surface area contributed by atoms with Gasteiger partial charge in [-0.25, -0.2) is 9.38 Å². The predicted molar refractivity (Wildman–Crippen MR) is 96.8 cm³/mol. The molecule has 2 heterocycles. The maximum Gasteiger partial charge on any atom is 0.278 e. The molecular weight excluding hydrogens is 317 g/mol. The number of para-hydroxylation sites is 1. The average Bonchev–Trinajstić information content (AvgIpc) is 2.90. The number of aliphatic imine (C=N–C) groups is 1. The molecule has 4 rings (SSSR count). The Bertz CT molecular complexity index is 810. The first kappa shape index (κ1) is 16.0. The average molecular weight is 337 g/mol. The van der Waals surface area contributed by atoms with Crippen LogP contribution in [-0.4, -0.2) is 36.3 Å². The molecule has 0 aliphatic carbocycles. The fourth-order valence-electron chi connectivity index (χ4n) is 3.46. The van der Waals surface area contributed by atoms with Gasteiger partial charge in [0, 0.05) is 5.56 Å². The fraction of sp³-hybridized carbons (Fsp3) is 0.300. The van der Waals surface area contributed by atoms with Gasteiger partial charge in [0.25, 0.3) is 5.91 Å². The Labute approximate surface area is 146 Å². The number of rotatable bonds is 3. The van der Waals surface area contributed by atoms with Crippen LogP contribution in [-0.2, 0) is 4.79 Å². The van der Waals surface area contributed by atoms with Crippen LogP contribution in [0.4, 0.5) is 15.8 Å². The van der Waals surface area contributed by atoms with E-state index in [9.17, 15) is 9.18 Å². The van der Waals surface area contributed by atoms with Crippen LogP contribution in [0, 0.1) is 5.82 Å². The highest BCUT2D eigenvalue weighted by molar-refractivity contribution is 6.54. The Kier molecular flexibility index (Phi) is 4.32. The van der Waals surface area contributed by atoms with Crippen molar-refractivity contribution < 1.29 is 9.18 Å². The van der Waals surface area contributed by atoms with Crippen molar-refractivity contribution in [3.63, 3.8) is 0 Å². The third-order valence-electron chi connectivity index (χ3n) is 4.76. The summed E-state index contributed by atoms with van der Waals surface area (Å²) in [6.07, 6.45) is 3.62. The van der Waals surface area contributed by atoms with E-state index in [1.807, 2.05) is 29.2 Å². The summed E-state index contributed by atoms with van der Waals surface area (Å²) in [5, 5.41) is 0. The second-order valence-electron chi connectivity index (χ2n) is 6.51. The largest absolute Gasteiger partial charge is 0.293 e. The first-order chi connectivity index (χ1) is 12.2. The molecule has 5 heteroatoms. The number of nitrogens with zero attached hydrogens (tertiary/aromatic N) is 3. The molecule has 2 aliphatic heterocycles. The molecule has 1 amide bonds. The lowest BCUT2D eigenvalue weighted by Crippen LogP contribution is -2.43. The first-order valence-corrected chi connectivity index (χ1v) is 8.70. The highest BCUT2D eigenvalue weighted by Gasteiger charge is 2.34. The standard InChI is InChI=1S/C20H20FN3O/c21-15-8-10-16(11-9-15)22-19-17-6-2-3-7-18(17)24(20(19)25)14-23-12-4-1-5-13-23/h2-3,6-11H,1,4-5,12-14H2. The van der Waals surface area contributed by atoms with Gasteiger partial charge in [0.2, 0.25) is 0 Å². The molecule has 2 aromatic rings. The summed E-state index contributed by atoms with van der Waals surface area (Å²) in [5.74, 6) is -0.398. The molecule has 0 spiro atoms. The number of carbonyl (C=O) groups is 1. The molecule has 2 aromatic carbocycles. The zero-order valence-corrected chi connectivity index (χ0v) is 14.0. The molecule has 0 aromatic heterocycles. The third-order valence-corrected chi connectivity index (χ3v) is 4.76. The van der Waals surface area contributed by atoms with Crippen molar-refractivity contribution in [1.29, 1.82) is 0 Å². The maximum absolute atomic E-state index is 13.1. The Morgan fingerprint density at radius 2 is 1.68 bits per heavy atom. The number of piperidine rings is 1. The number of hydrogen-bond donors (Lipinski definition) is 0. The molecule has 2 aliphatic rings. The lowest BCUT2D eigenvalue weighted by molar-refractivity contribution is -0.112. The minimum Gasteiger partial charge on any atom is -0.293 e. The molecule has 0 atom stereocenters. The van der Waals surface area contributed by atoms with Gasteiger partial charge in [0.05, 0.1) is 18.0 Å². The van der Waals surface area contributed by atoms with Gasteiger partial charge < -0.3 is 0 Å². The van der Waals surface area contributed by atoms with Gasteiger partial charge in [0.15, 0.2) is 0 Å². The lowest BCUT2D eigenvalue weighted by Gasteiger charge is -2.30. The summed E-state index contributed by atoms with van der Waals surface area (Å²) in [4.78, 5) is 21.6. The van der Waals surface area contributed by atoms with Crippen molar-refractivity contribution in [2.45, 2.75) is 19.3 Å². The molecule has 0 saturated carbocycles. The third kappa shape index (κ3) is 3.20. The molecule has 0 radical (unpaired) electrons. The van der Waals surface area contributed by atoms with Crippen LogP contribution in [0.3, 0.4) is 0 Å². The summed E-state index contributed by atoms with van der Waals surface area (Å²) >= 11 is 0. The zero-order chi connectivity index (χ0) is 17.2. The highest BCUT2D eigenvalue weighted by Crippen LogP contribution is 2.31. The number of carbonyl (C=O) groups excluding carboxylic acids is 1. The van der Waals surface area contributed by atoms with Crippen LogP contribution in [0.25, 0.3) is 0 Å². The van der Waals surface area contributed by atoms with Gasteiger partial charge in [-0.15, -0.1) is 0 Å². The smallest absolute Gasteiger partial charge is 0.278 e. The van der Waals surface area contributed by atoms with E-state index in [1.165, 1.54) is 31.4 Å². The van der Waals surface area contributed by atoms with Crippen LogP contribution in [0.1, 0.15) is 24.8 Å². The number of halogens is 1. The highest BCUT2D eigenvalue weighted by atomic mass is 19.1. The number of amides is 1. The van der Waals surface area contributed by atoms with Crippen LogP contribution in [0.15, 0.2) is 53.5 Å². The van der Waals surface area contributed by atoms with Gasteiger partial charge in [0.1, 0.15) is 11.5 Å². The van der Waals surface area contributed by atoms with Crippen molar-refractivity contribution in [1.82, 2.24) is 4.90 Å². The Morgan fingerprint density at radius 3 is 2.44 bits per heavy atom. The number of likely N-dealkylation sites (tertiary alicyclic amines) is 1. The van der Waals surface area contributed by atoms with E-state index in [2.05, 4.69) is 9.89 Å². The molecule has 1 fully saturated rings. The normalized spacial score (nSPS) is 19.5. The van der Waals surface area contributed by atoms with Gasteiger partial charge in [-0.3, -0.25) is 14.6 Å². The molecule has 128 valence electrons. The minimum atomic E-state index is -0.311.